The summed E-state index contributed by atoms with van der Waals surface area (Å²) in [7, 11) is 0. The highest BCUT2D eigenvalue weighted by molar-refractivity contribution is 7.98. The van der Waals surface area contributed by atoms with Crippen molar-refractivity contribution in [1.82, 2.24) is 15.0 Å². The molecule has 2 heterocycles. The molecule has 3 rings (SSSR count). The maximum Gasteiger partial charge on any atom is 0.191 e. The van der Waals surface area contributed by atoms with Gasteiger partial charge in [0.25, 0.3) is 0 Å². The predicted molar refractivity (Wildman–Crippen MR) is 114 cm³/mol. The Morgan fingerprint density at radius 3 is 2.64 bits per heavy atom. The number of thiazole rings is 1. The predicted octanol–water partition coefficient (Wildman–Crippen LogP) is 3.65. The highest BCUT2D eigenvalue weighted by Gasteiger charge is 2.17. The molecule has 0 aliphatic rings. The van der Waals surface area contributed by atoms with Crippen molar-refractivity contribution in [3.05, 3.63) is 35.4 Å². The van der Waals surface area contributed by atoms with Crippen LogP contribution in [0, 0.1) is 17.2 Å². The lowest BCUT2D eigenvalue weighted by molar-refractivity contribution is 0.259. The Bertz CT molecular complexity index is 980. The molecule has 0 aliphatic carbocycles. The zero-order valence-corrected chi connectivity index (χ0v) is 17.3. The van der Waals surface area contributed by atoms with Gasteiger partial charge in [0.15, 0.2) is 21.8 Å². The van der Waals surface area contributed by atoms with E-state index in [4.69, 9.17) is 11.0 Å². The number of hydrogen-bond donors (Lipinski definition) is 3. The molecule has 28 heavy (non-hydrogen) atoms. The van der Waals surface area contributed by atoms with Gasteiger partial charge in [0.2, 0.25) is 0 Å². The number of nitrogens with zero attached hydrogens (tertiary/aromatic N) is 4. The second-order valence-corrected chi connectivity index (χ2v) is 8.78. The van der Waals surface area contributed by atoms with Gasteiger partial charge in [0.1, 0.15) is 4.70 Å². The van der Waals surface area contributed by atoms with Crippen molar-refractivity contribution in [2.45, 2.75) is 37.2 Å². The first-order chi connectivity index (χ1) is 13.5. The molecule has 0 bridgehead atoms. The molecule has 1 aromatic carbocycles. The first-order valence-corrected chi connectivity index (χ1v) is 10.7. The van der Waals surface area contributed by atoms with Crippen molar-refractivity contribution >= 4 is 44.4 Å². The summed E-state index contributed by atoms with van der Waals surface area (Å²) in [4.78, 5) is 13.5. The molecule has 0 aliphatic heterocycles. The quantitative estimate of drug-likeness (QED) is 0.377. The van der Waals surface area contributed by atoms with Crippen LogP contribution < -0.4 is 11.1 Å². The minimum Gasteiger partial charge on any atom is -0.394 e. The van der Waals surface area contributed by atoms with E-state index in [0.29, 0.717) is 39.0 Å². The maximum atomic E-state index is 9.71. The first kappa shape index (κ1) is 20.3. The molecule has 0 unspecified atom stereocenters. The summed E-state index contributed by atoms with van der Waals surface area (Å²) in [6.07, 6.45) is 0.823. The molecular formula is C19H22N6OS2. The van der Waals surface area contributed by atoms with Crippen molar-refractivity contribution in [3.63, 3.8) is 0 Å². The normalized spacial score (nSPS) is 12.2. The fourth-order valence-corrected chi connectivity index (χ4v) is 4.27. The highest BCUT2D eigenvalue weighted by atomic mass is 32.2. The number of anilines is 2. The van der Waals surface area contributed by atoms with Crippen LogP contribution in [0.5, 0.6) is 0 Å². The maximum absolute atomic E-state index is 9.71. The topological polar surface area (TPSA) is 121 Å². The van der Waals surface area contributed by atoms with Gasteiger partial charge < -0.3 is 16.2 Å². The molecule has 0 saturated carbocycles. The van der Waals surface area contributed by atoms with E-state index >= 15 is 0 Å². The Labute approximate surface area is 172 Å². The minimum absolute atomic E-state index is 0.0195. The first-order valence-electron chi connectivity index (χ1n) is 8.91. The molecule has 9 heteroatoms. The van der Waals surface area contributed by atoms with Crippen LogP contribution in [-0.2, 0) is 5.75 Å². The number of fused-ring (bicyclic) bond motifs is 1. The van der Waals surface area contributed by atoms with Gasteiger partial charge in [-0.3, -0.25) is 0 Å². The van der Waals surface area contributed by atoms with Crippen molar-refractivity contribution in [2.75, 3.05) is 17.7 Å². The number of nitrogens with two attached hydrogens (primary N) is 1. The summed E-state index contributed by atoms with van der Waals surface area (Å²) in [5.41, 5.74) is 8.15. The molecule has 0 spiro atoms. The van der Waals surface area contributed by atoms with Crippen LogP contribution in [0.4, 0.5) is 10.9 Å². The van der Waals surface area contributed by atoms with Crippen molar-refractivity contribution < 1.29 is 5.11 Å². The number of thioether (sulfide) groups is 1. The molecule has 4 N–H and O–H groups in total. The van der Waals surface area contributed by atoms with E-state index in [0.717, 1.165) is 16.7 Å². The Morgan fingerprint density at radius 2 is 2.00 bits per heavy atom. The summed E-state index contributed by atoms with van der Waals surface area (Å²) in [5, 5.41) is 23.0. The molecule has 0 amide bonds. The Morgan fingerprint density at radius 1 is 1.25 bits per heavy atom. The summed E-state index contributed by atoms with van der Waals surface area (Å²) >= 11 is 2.83. The summed E-state index contributed by atoms with van der Waals surface area (Å²) in [5.74, 6) is 1.77. The average molecular weight is 415 g/mol. The smallest absolute Gasteiger partial charge is 0.191 e. The van der Waals surface area contributed by atoms with Gasteiger partial charge in [-0.05, 0) is 30.0 Å². The molecule has 2 aromatic heterocycles. The third kappa shape index (κ3) is 5.10. The van der Waals surface area contributed by atoms with E-state index < -0.39 is 0 Å². The fourth-order valence-electron chi connectivity index (χ4n) is 2.75. The minimum atomic E-state index is -0.0993. The van der Waals surface area contributed by atoms with Crippen LogP contribution in [0.2, 0.25) is 0 Å². The number of nitriles is 1. The number of nitrogen functional groups attached to an aromatic ring is 1. The summed E-state index contributed by atoms with van der Waals surface area (Å²) in [6.45, 7) is 4.25. The number of nitrogens with one attached hydrogen (secondary N) is 1. The zero-order chi connectivity index (χ0) is 20.1. The molecule has 0 saturated heterocycles. The lowest BCUT2D eigenvalue weighted by Crippen LogP contribution is -2.26. The number of hydrogen-bond acceptors (Lipinski definition) is 9. The molecule has 3 aromatic rings. The number of benzene rings is 1. The van der Waals surface area contributed by atoms with E-state index in [1.54, 1.807) is 12.1 Å². The zero-order valence-electron chi connectivity index (χ0n) is 15.7. The summed E-state index contributed by atoms with van der Waals surface area (Å²) in [6, 6.07) is 9.46. The Hall–Kier alpha value is -2.41. The van der Waals surface area contributed by atoms with Gasteiger partial charge in [-0.2, -0.15) is 5.26 Å². The van der Waals surface area contributed by atoms with Crippen molar-refractivity contribution in [1.29, 1.82) is 5.26 Å². The highest BCUT2D eigenvalue weighted by Crippen LogP contribution is 2.32. The second-order valence-electron chi connectivity index (χ2n) is 6.81. The number of aromatic nitrogens is 3. The molecule has 146 valence electrons. The van der Waals surface area contributed by atoms with Crippen LogP contribution >= 0.6 is 23.1 Å². The van der Waals surface area contributed by atoms with Gasteiger partial charge in [-0.25, -0.2) is 15.0 Å². The van der Waals surface area contributed by atoms with E-state index in [-0.39, 0.29) is 12.6 Å². The molecule has 1 atom stereocenters. The van der Waals surface area contributed by atoms with Crippen LogP contribution in [0.25, 0.3) is 10.3 Å². The van der Waals surface area contributed by atoms with Gasteiger partial charge in [0, 0.05) is 5.75 Å². The van der Waals surface area contributed by atoms with E-state index in [2.05, 4.69) is 40.2 Å². The third-order valence-corrected chi connectivity index (χ3v) is 5.82. The van der Waals surface area contributed by atoms with Crippen molar-refractivity contribution in [3.8, 4) is 6.07 Å². The molecule has 0 fully saturated rings. The average Bonchev–Trinajstić information content (AvgIpc) is 3.06. The van der Waals surface area contributed by atoms with Crippen LogP contribution in [0.3, 0.4) is 0 Å². The lowest BCUT2D eigenvalue weighted by atomic mass is 10.0. The second kappa shape index (κ2) is 9.19. The molecular weight excluding hydrogens is 392 g/mol. The standard InChI is InChI=1S/C19H22N6OS2/c1-11(2)7-14(9-26)22-16-15-17(23-18(21)28-15)25-19(24-16)27-10-13-5-3-12(8-20)4-6-13/h3-6,11,14,26H,7,9-10H2,1-2H3,(H3,21,22,23,24,25)/t14-/m1/s1. The van der Waals surface area contributed by atoms with Gasteiger partial charge in [-0.1, -0.05) is 49.1 Å². The van der Waals surface area contributed by atoms with Crippen LogP contribution in [-0.4, -0.2) is 32.7 Å². The number of aliphatic hydroxyl groups is 1. The van der Waals surface area contributed by atoms with E-state index in [1.165, 1.54) is 23.1 Å². The van der Waals surface area contributed by atoms with Gasteiger partial charge in [0.05, 0.1) is 24.3 Å². The molecule has 0 radical (unpaired) electrons. The lowest BCUT2D eigenvalue weighted by Gasteiger charge is -2.19. The Balaban J connectivity index is 1.83. The Kier molecular flexibility index (Phi) is 6.67. The van der Waals surface area contributed by atoms with E-state index in [9.17, 15) is 5.11 Å². The van der Waals surface area contributed by atoms with Crippen molar-refractivity contribution in [2.24, 2.45) is 5.92 Å². The summed E-state index contributed by atoms with van der Waals surface area (Å²) < 4.78 is 0.794. The third-order valence-electron chi connectivity index (χ3n) is 4.02. The fraction of sp³-hybridized carbons (Fsp3) is 0.368. The largest absolute Gasteiger partial charge is 0.394 e. The van der Waals surface area contributed by atoms with E-state index in [1.807, 2.05) is 12.1 Å². The van der Waals surface area contributed by atoms with Crippen LogP contribution in [0.15, 0.2) is 29.4 Å². The van der Waals surface area contributed by atoms with Gasteiger partial charge >= 0.3 is 0 Å². The number of rotatable bonds is 8. The van der Waals surface area contributed by atoms with Crippen LogP contribution in [0.1, 0.15) is 31.4 Å². The molecule has 7 nitrogen and oxygen atoms in total. The number of aliphatic hydroxyl groups excluding tert-OH is 1. The monoisotopic (exact) mass is 414 g/mol. The SMILES string of the molecule is CC(C)C[C@H](CO)Nc1nc(SCc2ccc(C#N)cc2)nc2nc(N)sc12. The van der Waals surface area contributed by atoms with Gasteiger partial charge in [-0.15, -0.1) is 0 Å².